The third-order valence-corrected chi connectivity index (χ3v) is 7.03. The van der Waals surface area contributed by atoms with Gasteiger partial charge >= 0.3 is 0 Å². The highest BCUT2D eigenvalue weighted by molar-refractivity contribution is 7.93. The highest BCUT2D eigenvalue weighted by Crippen LogP contribution is 2.35. The first-order valence-electron chi connectivity index (χ1n) is 10.0. The van der Waals surface area contributed by atoms with E-state index in [-0.39, 0.29) is 17.1 Å². The van der Waals surface area contributed by atoms with Crippen molar-refractivity contribution in [3.05, 3.63) is 77.0 Å². The molecule has 0 spiro atoms. The lowest BCUT2D eigenvalue weighted by molar-refractivity contribution is -0.114. The van der Waals surface area contributed by atoms with Crippen LogP contribution in [0.1, 0.15) is 38.7 Å². The third-order valence-electron chi connectivity index (χ3n) is 5.32. The number of methoxy groups -OCH3 is 1. The summed E-state index contributed by atoms with van der Waals surface area (Å²) in [7, 11) is -2.31. The number of hydrogen-bond acceptors (Lipinski definition) is 4. The molecule has 0 radical (unpaired) electrons. The summed E-state index contributed by atoms with van der Waals surface area (Å²) in [6, 6.07) is 13.6. The van der Waals surface area contributed by atoms with Gasteiger partial charge in [0.1, 0.15) is 5.75 Å². The molecule has 0 heterocycles. The number of nitrogens with zero attached hydrogens (tertiary/aromatic N) is 1. The molecule has 158 valence electrons. The van der Waals surface area contributed by atoms with Gasteiger partial charge in [0.15, 0.2) is 5.78 Å². The molecule has 0 saturated heterocycles. The third kappa shape index (κ3) is 4.19. The molecule has 0 amide bonds. The Morgan fingerprint density at radius 1 is 0.967 bits per heavy atom. The van der Waals surface area contributed by atoms with Crippen LogP contribution in [0.3, 0.4) is 0 Å². The van der Waals surface area contributed by atoms with Gasteiger partial charge in [-0.1, -0.05) is 31.5 Å². The Balaban J connectivity index is 2.16. The van der Waals surface area contributed by atoms with Crippen molar-refractivity contribution in [2.75, 3.05) is 11.4 Å². The van der Waals surface area contributed by atoms with Crippen LogP contribution in [0.5, 0.6) is 5.75 Å². The minimum absolute atomic E-state index is 0.0722. The van der Waals surface area contributed by atoms with Crippen LogP contribution in [0.25, 0.3) is 0 Å². The van der Waals surface area contributed by atoms with Crippen molar-refractivity contribution in [1.29, 1.82) is 0 Å². The molecule has 0 fully saturated rings. The molecule has 0 saturated carbocycles. The predicted octanol–water partition coefficient (Wildman–Crippen LogP) is 5.17. The van der Waals surface area contributed by atoms with Gasteiger partial charge in [0.2, 0.25) is 0 Å². The summed E-state index contributed by atoms with van der Waals surface area (Å²) in [5.41, 5.74) is 3.96. The normalized spacial score (nSPS) is 15.7. The Kier molecular flexibility index (Phi) is 6.46. The highest BCUT2D eigenvalue weighted by Gasteiger charge is 2.29. The van der Waals surface area contributed by atoms with Crippen LogP contribution < -0.4 is 9.04 Å². The first-order chi connectivity index (χ1) is 14.3. The quantitative estimate of drug-likeness (QED) is 0.614. The zero-order valence-electron chi connectivity index (χ0n) is 17.8. The molecule has 3 rings (SSSR count). The van der Waals surface area contributed by atoms with Gasteiger partial charge in [-0.05, 0) is 72.9 Å². The van der Waals surface area contributed by atoms with Gasteiger partial charge in [-0.2, -0.15) is 0 Å². The van der Waals surface area contributed by atoms with Gasteiger partial charge in [0.25, 0.3) is 10.0 Å². The van der Waals surface area contributed by atoms with Crippen LogP contribution in [-0.2, 0) is 14.8 Å². The lowest BCUT2D eigenvalue weighted by atomic mass is 10.0. The van der Waals surface area contributed by atoms with Crippen molar-refractivity contribution >= 4 is 21.5 Å². The van der Waals surface area contributed by atoms with Crippen molar-refractivity contribution in [1.82, 2.24) is 0 Å². The van der Waals surface area contributed by atoms with E-state index >= 15 is 0 Å². The SMILES string of the molecule is CCC1=C(CC)/C(=C/N(c2ccc(OC)cc2)S(=O)(=O)c2ccc(C)cc2)CC1=O. The lowest BCUT2D eigenvalue weighted by Crippen LogP contribution is -2.26. The Hall–Kier alpha value is -2.86. The molecular formula is C24H27NO4S. The standard InChI is InChI=1S/C24H27NO4S/c1-5-22-18(15-24(26)23(22)6-2)16-25(19-9-11-20(29-4)12-10-19)30(27,28)21-13-7-17(3)8-14-21/h7-14,16H,5-6,15H2,1-4H3/b18-16+. The fourth-order valence-electron chi connectivity index (χ4n) is 3.70. The second kappa shape index (κ2) is 8.88. The Morgan fingerprint density at radius 2 is 1.57 bits per heavy atom. The average Bonchev–Trinajstić information content (AvgIpc) is 3.06. The van der Waals surface area contributed by atoms with E-state index in [2.05, 4.69) is 0 Å². The molecule has 2 aromatic carbocycles. The average molecular weight is 426 g/mol. The van der Waals surface area contributed by atoms with E-state index in [1.165, 1.54) is 4.31 Å². The van der Waals surface area contributed by atoms with Crippen molar-refractivity contribution in [3.63, 3.8) is 0 Å². The van der Waals surface area contributed by atoms with E-state index in [9.17, 15) is 13.2 Å². The first-order valence-corrected chi connectivity index (χ1v) is 11.5. The fraction of sp³-hybridized carbons (Fsp3) is 0.292. The summed E-state index contributed by atoms with van der Waals surface area (Å²) in [6.45, 7) is 5.86. The molecule has 0 unspecified atom stereocenters. The number of hydrogen-bond donors (Lipinski definition) is 0. The Labute approximate surface area is 178 Å². The number of rotatable bonds is 7. The number of anilines is 1. The van der Waals surface area contributed by atoms with Crippen molar-refractivity contribution < 1.29 is 17.9 Å². The lowest BCUT2D eigenvalue weighted by Gasteiger charge is -2.22. The molecule has 0 aromatic heterocycles. The van der Waals surface area contributed by atoms with E-state index in [4.69, 9.17) is 4.74 Å². The van der Waals surface area contributed by atoms with Crippen molar-refractivity contribution in [3.8, 4) is 5.75 Å². The number of allylic oxidation sites excluding steroid dienone is 3. The van der Waals surface area contributed by atoms with Crippen molar-refractivity contribution in [2.24, 2.45) is 0 Å². The van der Waals surface area contributed by atoms with Gasteiger partial charge < -0.3 is 4.74 Å². The van der Waals surface area contributed by atoms with Crippen LogP contribution in [-0.4, -0.2) is 21.3 Å². The predicted molar refractivity (Wildman–Crippen MR) is 119 cm³/mol. The molecule has 0 bridgehead atoms. The molecule has 0 N–H and O–H groups in total. The maximum absolute atomic E-state index is 13.6. The molecule has 5 nitrogen and oxygen atoms in total. The van der Waals surface area contributed by atoms with Crippen LogP contribution in [0.2, 0.25) is 0 Å². The van der Waals surface area contributed by atoms with Crippen LogP contribution >= 0.6 is 0 Å². The summed E-state index contributed by atoms with van der Waals surface area (Å²) >= 11 is 0. The molecule has 30 heavy (non-hydrogen) atoms. The summed E-state index contributed by atoms with van der Waals surface area (Å²) < 4.78 is 33.6. The number of carbonyl (C=O) groups excluding carboxylic acids is 1. The Morgan fingerprint density at radius 3 is 2.10 bits per heavy atom. The number of aryl methyl sites for hydroxylation is 1. The zero-order valence-corrected chi connectivity index (χ0v) is 18.6. The Bertz CT molecular complexity index is 1090. The van der Waals surface area contributed by atoms with Gasteiger partial charge in [-0.3, -0.25) is 4.79 Å². The smallest absolute Gasteiger partial charge is 0.268 e. The van der Waals surface area contributed by atoms with Crippen LogP contribution in [0.15, 0.2) is 76.3 Å². The number of sulfonamides is 1. The number of carbonyl (C=O) groups is 1. The van der Waals surface area contributed by atoms with E-state index in [1.807, 2.05) is 20.8 Å². The molecule has 0 atom stereocenters. The summed E-state index contributed by atoms with van der Waals surface area (Å²) in [6.07, 6.45) is 3.16. The summed E-state index contributed by atoms with van der Waals surface area (Å²) in [5, 5.41) is 0. The first kappa shape index (κ1) is 21.8. The van der Waals surface area contributed by atoms with Gasteiger partial charge in [-0.25, -0.2) is 12.7 Å². The summed E-state index contributed by atoms with van der Waals surface area (Å²) in [4.78, 5) is 12.7. The van der Waals surface area contributed by atoms with E-state index in [0.29, 0.717) is 24.3 Å². The van der Waals surface area contributed by atoms with Crippen LogP contribution in [0, 0.1) is 6.92 Å². The highest BCUT2D eigenvalue weighted by atomic mass is 32.2. The van der Waals surface area contributed by atoms with E-state index in [0.717, 1.165) is 22.3 Å². The van der Waals surface area contributed by atoms with E-state index < -0.39 is 10.0 Å². The maximum Gasteiger partial charge on any atom is 0.268 e. The van der Waals surface area contributed by atoms with Crippen molar-refractivity contribution in [2.45, 2.75) is 44.9 Å². The fourth-order valence-corrected chi connectivity index (χ4v) is 5.07. The van der Waals surface area contributed by atoms with E-state index in [1.54, 1.807) is 61.8 Å². The monoisotopic (exact) mass is 425 g/mol. The molecule has 1 aliphatic carbocycles. The second-order valence-corrected chi connectivity index (χ2v) is 9.05. The minimum Gasteiger partial charge on any atom is -0.497 e. The topological polar surface area (TPSA) is 63.7 Å². The van der Waals surface area contributed by atoms with Crippen LogP contribution in [0.4, 0.5) is 5.69 Å². The van der Waals surface area contributed by atoms with Gasteiger partial charge in [-0.15, -0.1) is 0 Å². The maximum atomic E-state index is 13.6. The number of Topliss-reactive ketones (excluding diaryl/α,β-unsaturated/α-hetero) is 1. The molecule has 6 heteroatoms. The molecule has 0 aliphatic heterocycles. The van der Waals surface area contributed by atoms with Gasteiger partial charge in [0.05, 0.1) is 17.7 Å². The zero-order chi connectivity index (χ0) is 21.9. The molecular weight excluding hydrogens is 398 g/mol. The number of ketones is 1. The van der Waals surface area contributed by atoms with Gasteiger partial charge in [0, 0.05) is 12.6 Å². The molecule has 1 aliphatic rings. The second-order valence-electron chi connectivity index (χ2n) is 7.23. The molecule has 2 aromatic rings. The largest absolute Gasteiger partial charge is 0.497 e. The minimum atomic E-state index is -3.87. The number of benzene rings is 2. The number of ether oxygens (including phenoxy) is 1. The summed E-state index contributed by atoms with van der Waals surface area (Å²) in [5.74, 6) is 0.709.